The minimum Gasteiger partial charge on any atom is -0.302 e. The van der Waals surface area contributed by atoms with Crippen LogP contribution in [-0.2, 0) is 6.54 Å². The molecule has 2 aromatic carbocycles. The van der Waals surface area contributed by atoms with E-state index in [9.17, 15) is 14.9 Å². The van der Waals surface area contributed by atoms with E-state index in [0.29, 0.717) is 33.1 Å². The van der Waals surface area contributed by atoms with Gasteiger partial charge in [-0.05, 0) is 25.1 Å². The molecule has 3 aromatic rings. The van der Waals surface area contributed by atoms with Gasteiger partial charge in [0.2, 0.25) is 0 Å². The molecule has 0 unspecified atom stereocenters. The number of aromatic nitrogens is 3. The third kappa shape index (κ3) is 4.35. The van der Waals surface area contributed by atoms with Gasteiger partial charge in [0.15, 0.2) is 16.8 Å². The lowest BCUT2D eigenvalue weighted by molar-refractivity contribution is -0.384. The zero-order valence-corrected chi connectivity index (χ0v) is 17.0. The van der Waals surface area contributed by atoms with Crippen LogP contribution in [0.3, 0.4) is 0 Å². The summed E-state index contributed by atoms with van der Waals surface area (Å²) in [4.78, 5) is 22.8. The standard InChI is InChI=1S/C18H14Cl2N4O3S/c1-2-23-17(14-7-6-12(19)9-15(14)20)21-22-18(23)28-10-16(25)11-4-3-5-13(8-11)24(26)27/h3-9H,2,10H2,1H3. The number of carbonyl (C=O) groups is 1. The van der Waals surface area contributed by atoms with Crippen LogP contribution in [0.2, 0.25) is 10.0 Å². The van der Waals surface area contributed by atoms with Crippen LogP contribution in [-0.4, -0.2) is 31.2 Å². The average molecular weight is 437 g/mol. The Hall–Kier alpha value is -2.42. The molecule has 0 aliphatic carbocycles. The summed E-state index contributed by atoms with van der Waals surface area (Å²) in [6.45, 7) is 2.51. The first-order valence-corrected chi connectivity index (χ1v) is 9.94. The van der Waals surface area contributed by atoms with Gasteiger partial charge in [-0.2, -0.15) is 0 Å². The molecule has 1 heterocycles. The van der Waals surface area contributed by atoms with Crippen LogP contribution in [0, 0.1) is 10.1 Å². The summed E-state index contributed by atoms with van der Waals surface area (Å²) < 4.78 is 1.85. The summed E-state index contributed by atoms with van der Waals surface area (Å²) in [6, 6.07) is 10.8. The third-order valence-corrected chi connectivity index (χ3v) is 5.43. The Balaban J connectivity index is 1.80. The number of benzene rings is 2. The van der Waals surface area contributed by atoms with E-state index in [-0.39, 0.29) is 22.8 Å². The van der Waals surface area contributed by atoms with Crippen molar-refractivity contribution in [1.29, 1.82) is 0 Å². The predicted octanol–water partition coefficient (Wildman–Crippen LogP) is 5.16. The molecule has 0 amide bonds. The number of thioether (sulfide) groups is 1. The lowest BCUT2D eigenvalue weighted by Crippen LogP contribution is -2.05. The molecule has 0 aliphatic heterocycles. The molecule has 0 atom stereocenters. The van der Waals surface area contributed by atoms with E-state index in [2.05, 4.69) is 10.2 Å². The van der Waals surface area contributed by atoms with Crippen molar-refractivity contribution in [2.24, 2.45) is 0 Å². The van der Waals surface area contributed by atoms with E-state index >= 15 is 0 Å². The Labute approximate surface area is 174 Å². The van der Waals surface area contributed by atoms with Crippen molar-refractivity contribution < 1.29 is 9.72 Å². The Morgan fingerprint density at radius 2 is 2.00 bits per heavy atom. The largest absolute Gasteiger partial charge is 0.302 e. The van der Waals surface area contributed by atoms with Crippen LogP contribution >= 0.6 is 35.0 Å². The quantitative estimate of drug-likeness (QED) is 0.220. The van der Waals surface area contributed by atoms with Gasteiger partial charge < -0.3 is 4.57 Å². The number of ketones is 1. The van der Waals surface area contributed by atoms with E-state index in [1.807, 2.05) is 11.5 Å². The molecule has 0 radical (unpaired) electrons. The highest BCUT2D eigenvalue weighted by molar-refractivity contribution is 7.99. The Morgan fingerprint density at radius 1 is 1.21 bits per heavy atom. The fourth-order valence-electron chi connectivity index (χ4n) is 2.56. The van der Waals surface area contributed by atoms with Gasteiger partial charge in [-0.3, -0.25) is 14.9 Å². The highest BCUT2D eigenvalue weighted by Gasteiger charge is 2.18. The SMILES string of the molecule is CCn1c(SCC(=O)c2cccc([N+](=O)[O-])c2)nnc1-c1ccc(Cl)cc1Cl. The molecule has 28 heavy (non-hydrogen) atoms. The number of halogens is 2. The van der Waals surface area contributed by atoms with E-state index in [0.717, 1.165) is 0 Å². The van der Waals surface area contributed by atoms with Crippen molar-refractivity contribution in [3.8, 4) is 11.4 Å². The zero-order chi connectivity index (χ0) is 20.3. The Bertz CT molecular complexity index is 1060. The first kappa shape index (κ1) is 20.3. The van der Waals surface area contributed by atoms with Gasteiger partial charge in [-0.15, -0.1) is 10.2 Å². The topological polar surface area (TPSA) is 90.9 Å². The van der Waals surface area contributed by atoms with E-state index in [4.69, 9.17) is 23.2 Å². The van der Waals surface area contributed by atoms with Crippen molar-refractivity contribution in [2.45, 2.75) is 18.6 Å². The molecule has 0 N–H and O–H groups in total. The highest BCUT2D eigenvalue weighted by Crippen LogP contribution is 2.31. The lowest BCUT2D eigenvalue weighted by Gasteiger charge is -2.08. The summed E-state index contributed by atoms with van der Waals surface area (Å²) >= 11 is 13.4. The molecule has 1 aromatic heterocycles. The Kier molecular flexibility index (Phi) is 6.33. The summed E-state index contributed by atoms with van der Waals surface area (Å²) in [7, 11) is 0. The monoisotopic (exact) mass is 436 g/mol. The third-order valence-electron chi connectivity index (χ3n) is 3.92. The number of nitro groups is 1. The van der Waals surface area contributed by atoms with Gasteiger partial charge in [0, 0.05) is 34.8 Å². The van der Waals surface area contributed by atoms with Crippen LogP contribution < -0.4 is 0 Å². The number of hydrogen-bond donors (Lipinski definition) is 0. The fourth-order valence-corrected chi connectivity index (χ4v) is 3.95. The van der Waals surface area contributed by atoms with Crippen molar-refractivity contribution >= 4 is 46.4 Å². The molecule has 0 spiro atoms. The van der Waals surface area contributed by atoms with Crippen molar-refractivity contribution in [3.63, 3.8) is 0 Å². The minimum absolute atomic E-state index is 0.0770. The zero-order valence-electron chi connectivity index (χ0n) is 14.6. The predicted molar refractivity (Wildman–Crippen MR) is 109 cm³/mol. The number of non-ortho nitro benzene ring substituents is 1. The van der Waals surface area contributed by atoms with E-state index < -0.39 is 4.92 Å². The van der Waals surface area contributed by atoms with Crippen molar-refractivity contribution in [1.82, 2.24) is 14.8 Å². The summed E-state index contributed by atoms with van der Waals surface area (Å²) in [5.41, 5.74) is 0.856. The minimum atomic E-state index is -0.528. The molecule has 3 rings (SSSR count). The number of Topliss-reactive ketones (excluding diaryl/α,β-unsaturated/α-hetero) is 1. The van der Waals surface area contributed by atoms with Gasteiger partial charge >= 0.3 is 0 Å². The van der Waals surface area contributed by atoms with Crippen LogP contribution in [0.5, 0.6) is 0 Å². The molecule has 0 saturated heterocycles. The first-order valence-electron chi connectivity index (χ1n) is 8.19. The average Bonchev–Trinajstić information content (AvgIpc) is 3.08. The summed E-state index contributed by atoms with van der Waals surface area (Å²) in [6.07, 6.45) is 0. The summed E-state index contributed by atoms with van der Waals surface area (Å²) in [5.74, 6) is 0.424. The van der Waals surface area contributed by atoms with Crippen molar-refractivity contribution in [2.75, 3.05) is 5.75 Å². The maximum absolute atomic E-state index is 12.4. The second-order valence-corrected chi connectivity index (χ2v) is 7.48. The molecule has 144 valence electrons. The summed E-state index contributed by atoms with van der Waals surface area (Å²) in [5, 5.41) is 20.8. The highest BCUT2D eigenvalue weighted by atomic mass is 35.5. The smallest absolute Gasteiger partial charge is 0.270 e. The van der Waals surface area contributed by atoms with Gasteiger partial charge in [0.05, 0.1) is 15.7 Å². The van der Waals surface area contributed by atoms with Gasteiger partial charge in [-0.1, -0.05) is 47.1 Å². The first-order chi connectivity index (χ1) is 13.4. The molecule has 0 bridgehead atoms. The van der Waals surface area contributed by atoms with Crippen LogP contribution in [0.15, 0.2) is 47.6 Å². The number of carbonyl (C=O) groups excluding carboxylic acids is 1. The number of nitrogens with zero attached hydrogens (tertiary/aromatic N) is 4. The lowest BCUT2D eigenvalue weighted by atomic mass is 10.1. The normalized spacial score (nSPS) is 10.8. The van der Waals surface area contributed by atoms with Gasteiger partial charge in [0.1, 0.15) is 0 Å². The van der Waals surface area contributed by atoms with Crippen LogP contribution in [0.1, 0.15) is 17.3 Å². The van der Waals surface area contributed by atoms with Gasteiger partial charge in [0.25, 0.3) is 5.69 Å². The van der Waals surface area contributed by atoms with E-state index in [1.54, 1.807) is 24.3 Å². The molecular weight excluding hydrogens is 423 g/mol. The number of hydrogen-bond acceptors (Lipinski definition) is 6. The fraction of sp³-hybridized carbons (Fsp3) is 0.167. The number of rotatable bonds is 7. The molecule has 7 nitrogen and oxygen atoms in total. The number of nitro benzene ring substituents is 1. The molecule has 0 fully saturated rings. The molecule has 0 aliphatic rings. The second kappa shape index (κ2) is 8.72. The van der Waals surface area contributed by atoms with Crippen LogP contribution in [0.25, 0.3) is 11.4 Å². The van der Waals surface area contributed by atoms with E-state index in [1.165, 1.54) is 30.0 Å². The molecule has 0 saturated carbocycles. The molecule has 10 heteroatoms. The maximum Gasteiger partial charge on any atom is 0.270 e. The molecular formula is C18H14Cl2N4O3S. The van der Waals surface area contributed by atoms with Gasteiger partial charge in [-0.25, -0.2) is 0 Å². The Morgan fingerprint density at radius 3 is 2.68 bits per heavy atom. The van der Waals surface area contributed by atoms with Crippen LogP contribution in [0.4, 0.5) is 5.69 Å². The van der Waals surface area contributed by atoms with Crippen molar-refractivity contribution in [3.05, 3.63) is 68.2 Å². The maximum atomic E-state index is 12.4. The second-order valence-electron chi connectivity index (χ2n) is 5.69.